The minimum Gasteiger partial charge on any atom is -0.496 e. The highest BCUT2D eigenvalue weighted by atomic mass is 35.5. The van der Waals surface area contributed by atoms with E-state index in [0.717, 1.165) is 22.8 Å². The Labute approximate surface area is 124 Å². The zero-order chi connectivity index (χ0) is 12.0. The Morgan fingerprint density at radius 2 is 2.06 bits per heavy atom. The third kappa shape index (κ3) is 5.82. The second-order valence-corrected chi connectivity index (χ2v) is 4.37. The minimum absolute atomic E-state index is 0. The number of hydrogen-bond donors (Lipinski definition) is 2. The Morgan fingerprint density at radius 1 is 1.39 bits per heavy atom. The molecule has 0 heterocycles. The molecule has 4 nitrogen and oxygen atoms in total. The number of nitrogens with two attached hydrogens (primary N) is 2. The van der Waals surface area contributed by atoms with Crippen LogP contribution in [0.5, 0.6) is 5.75 Å². The number of ether oxygens (including phenoxy) is 1. The largest absolute Gasteiger partial charge is 0.496 e. The molecule has 0 aliphatic carbocycles. The first kappa shape index (κ1) is 19.7. The van der Waals surface area contributed by atoms with Gasteiger partial charge in [-0.2, -0.15) is 0 Å². The van der Waals surface area contributed by atoms with Gasteiger partial charge in [0.1, 0.15) is 5.75 Å². The van der Waals surface area contributed by atoms with Gasteiger partial charge in [-0.05, 0) is 24.0 Å². The summed E-state index contributed by atoms with van der Waals surface area (Å²) in [7, 11) is 1.62. The fourth-order valence-corrected chi connectivity index (χ4v) is 1.77. The van der Waals surface area contributed by atoms with Crippen molar-refractivity contribution in [3.8, 4) is 5.75 Å². The first-order valence-electron chi connectivity index (χ1n) is 5.05. The summed E-state index contributed by atoms with van der Waals surface area (Å²) >= 11 is 1.51. The van der Waals surface area contributed by atoms with Gasteiger partial charge in [0.15, 0.2) is 5.17 Å². The van der Waals surface area contributed by atoms with E-state index in [2.05, 4.69) is 4.99 Å². The molecule has 0 radical (unpaired) electrons. The maximum Gasteiger partial charge on any atom is 0.159 e. The van der Waals surface area contributed by atoms with Crippen molar-refractivity contribution in [2.75, 3.05) is 12.9 Å². The van der Waals surface area contributed by atoms with E-state index in [1.165, 1.54) is 11.8 Å². The normalized spacial score (nSPS) is 10.3. The average molecular weight is 312 g/mol. The first-order valence-corrected chi connectivity index (χ1v) is 6.03. The molecule has 0 aliphatic heterocycles. The number of aliphatic imine (C=N–C) groups is 1. The van der Waals surface area contributed by atoms with Crippen LogP contribution in [-0.4, -0.2) is 18.0 Å². The number of rotatable bonds is 4. The van der Waals surface area contributed by atoms with Gasteiger partial charge in [-0.15, -0.1) is 24.8 Å². The van der Waals surface area contributed by atoms with Crippen LogP contribution in [0.1, 0.15) is 12.5 Å². The molecule has 0 aliphatic rings. The molecule has 18 heavy (non-hydrogen) atoms. The number of benzene rings is 1. The third-order valence-electron chi connectivity index (χ3n) is 2.02. The molecule has 4 N–H and O–H groups in total. The van der Waals surface area contributed by atoms with Gasteiger partial charge in [0.05, 0.1) is 12.8 Å². The third-order valence-corrected chi connectivity index (χ3v) is 2.69. The van der Waals surface area contributed by atoms with Gasteiger partial charge in [-0.1, -0.05) is 18.7 Å². The van der Waals surface area contributed by atoms with E-state index < -0.39 is 0 Å². The van der Waals surface area contributed by atoms with Crippen LogP contribution in [0.3, 0.4) is 0 Å². The highest BCUT2D eigenvalue weighted by Crippen LogP contribution is 2.24. The molecule has 1 aromatic rings. The molecule has 104 valence electrons. The standard InChI is InChI=1S/C11H17N3OS.2ClH/c1-3-16-11(13)14-9-4-5-10(15-2)8(6-9)7-12;;/h4-6H,3,7,12H2,1-2H3,(H2,13,14);2*1H. The summed E-state index contributed by atoms with van der Waals surface area (Å²) in [6.07, 6.45) is 0. The molecular formula is C11H19Cl2N3OS. The molecule has 0 unspecified atom stereocenters. The van der Waals surface area contributed by atoms with Crippen molar-refractivity contribution < 1.29 is 4.74 Å². The number of thioether (sulfide) groups is 1. The number of methoxy groups -OCH3 is 1. The predicted octanol–water partition coefficient (Wildman–Crippen LogP) is 2.70. The topological polar surface area (TPSA) is 73.6 Å². The smallest absolute Gasteiger partial charge is 0.159 e. The fraction of sp³-hybridized carbons (Fsp3) is 0.364. The number of nitrogens with zero attached hydrogens (tertiary/aromatic N) is 1. The van der Waals surface area contributed by atoms with E-state index in [9.17, 15) is 0 Å². The summed E-state index contributed by atoms with van der Waals surface area (Å²) in [6.45, 7) is 2.46. The molecule has 1 aromatic carbocycles. The SMILES string of the molecule is CCSC(N)=Nc1ccc(OC)c(CN)c1.Cl.Cl. The van der Waals surface area contributed by atoms with Gasteiger partial charge < -0.3 is 16.2 Å². The molecule has 0 fully saturated rings. The Balaban J connectivity index is 0. The summed E-state index contributed by atoms with van der Waals surface area (Å²) in [5, 5.41) is 0.565. The Kier molecular flexibility index (Phi) is 11.3. The zero-order valence-electron chi connectivity index (χ0n) is 10.4. The van der Waals surface area contributed by atoms with E-state index in [0.29, 0.717) is 11.7 Å². The summed E-state index contributed by atoms with van der Waals surface area (Å²) in [4.78, 5) is 4.28. The molecule has 0 atom stereocenters. The van der Waals surface area contributed by atoms with Crippen molar-refractivity contribution in [2.24, 2.45) is 16.5 Å². The quantitative estimate of drug-likeness (QED) is 0.662. The second kappa shape index (κ2) is 10.3. The van der Waals surface area contributed by atoms with Gasteiger partial charge in [0.2, 0.25) is 0 Å². The van der Waals surface area contributed by atoms with Crippen molar-refractivity contribution in [1.29, 1.82) is 0 Å². The van der Waals surface area contributed by atoms with Gasteiger partial charge in [0.25, 0.3) is 0 Å². The lowest BCUT2D eigenvalue weighted by Gasteiger charge is -2.07. The molecule has 0 saturated carbocycles. The molecule has 0 amide bonds. The van der Waals surface area contributed by atoms with Gasteiger partial charge in [-0.25, -0.2) is 4.99 Å². The molecule has 0 bridgehead atoms. The number of hydrogen-bond acceptors (Lipinski definition) is 4. The maximum atomic E-state index is 5.73. The van der Waals surface area contributed by atoms with Crippen LogP contribution in [0, 0.1) is 0 Å². The maximum absolute atomic E-state index is 5.73. The molecule has 0 aromatic heterocycles. The predicted molar refractivity (Wildman–Crippen MR) is 84.8 cm³/mol. The fourth-order valence-electron chi connectivity index (χ4n) is 1.30. The van der Waals surface area contributed by atoms with Crippen molar-refractivity contribution >= 4 is 47.4 Å². The van der Waals surface area contributed by atoms with Crippen molar-refractivity contribution in [1.82, 2.24) is 0 Å². The summed E-state index contributed by atoms with van der Waals surface area (Å²) < 4.78 is 5.18. The van der Waals surface area contributed by atoms with Gasteiger partial charge >= 0.3 is 0 Å². The number of amidine groups is 1. The highest BCUT2D eigenvalue weighted by molar-refractivity contribution is 8.13. The molecular weight excluding hydrogens is 293 g/mol. The lowest BCUT2D eigenvalue weighted by atomic mass is 10.2. The van der Waals surface area contributed by atoms with Crippen molar-refractivity contribution in [2.45, 2.75) is 13.5 Å². The van der Waals surface area contributed by atoms with E-state index >= 15 is 0 Å². The molecule has 0 spiro atoms. The molecule has 1 rings (SSSR count). The van der Waals surface area contributed by atoms with E-state index in [1.807, 2.05) is 25.1 Å². The summed E-state index contributed by atoms with van der Waals surface area (Å²) in [5.41, 5.74) is 13.1. The van der Waals surface area contributed by atoms with Crippen LogP contribution in [0.2, 0.25) is 0 Å². The van der Waals surface area contributed by atoms with Gasteiger partial charge in [0, 0.05) is 12.1 Å². The van der Waals surface area contributed by atoms with E-state index in [1.54, 1.807) is 7.11 Å². The Bertz CT molecular complexity index is 389. The van der Waals surface area contributed by atoms with Crippen LogP contribution in [-0.2, 0) is 6.54 Å². The monoisotopic (exact) mass is 311 g/mol. The highest BCUT2D eigenvalue weighted by Gasteiger charge is 2.02. The van der Waals surface area contributed by atoms with Crippen LogP contribution in [0.25, 0.3) is 0 Å². The van der Waals surface area contributed by atoms with Crippen molar-refractivity contribution in [3.63, 3.8) is 0 Å². The van der Waals surface area contributed by atoms with E-state index in [4.69, 9.17) is 16.2 Å². The second-order valence-electron chi connectivity index (χ2n) is 3.08. The Hall–Kier alpha value is -0.620. The zero-order valence-corrected chi connectivity index (χ0v) is 12.8. The average Bonchev–Trinajstić information content (AvgIpc) is 2.29. The molecule has 0 saturated heterocycles. The van der Waals surface area contributed by atoms with Crippen LogP contribution in [0.15, 0.2) is 23.2 Å². The summed E-state index contributed by atoms with van der Waals surface area (Å²) in [5.74, 6) is 1.69. The minimum atomic E-state index is 0. The van der Waals surface area contributed by atoms with Crippen LogP contribution >= 0.6 is 36.6 Å². The number of halogens is 2. The van der Waals surface area contributed by atoms with Crippen LogP contribution < -0.4 is 16.2 Å². The van der Waals surface area contributed by atoms with Crippen molar-refractivity contribution in [3.05, 3.63) is 23.8 Å². The van der Waals surface area contributed by atoms with Gasteiger partial charge in [-0.3, -0.25) is 0 Å². The van der Waals surface area contributed by atoms with Crippen LogP contribution in [0.4, 0.5) is 5.69 Å². The first-order chi connectivity index (χ1) is 7.71. The summed E-state index contributed by atoms with van der Waals surface area (Å²) in [6, 6.07) is 5.61. The lowest BCUT2D eigenvalue weighted by Crippen LogP contribution is -2.06. The lowest BCUT2D eigenvalue weighted by molar-refractivity contribution is 0.410. The Morgan fingerprint density at radius 3 is 2.56 bits per heavy atom. The van der Waals surface area contributed by atoms with E-state index in [-0.39, 0.29) is 24.8 Å². The molecule has 7 heteroatoms.